The Bertz CT molecular complexity index is 790. The number of nitrogens with zero attached hydrogens (tertiary/aromatic N) is 2. The summed E-state index contributed by atoms with van der Waals surface area (Å²) in [4.78, 5) is 18.4. The number of thiocarbonyl (C=S) groups is 1. The van der Waals surface area contributed by atoms with Crippen molar-refractivity contribution in [3.63, 3.8) is 0 Å². The molecule has 0 unspecified atom stereocenters. The Morgan fingerprint density at radius 2 is 2.05 bits per heavy atom. The number of benzene rings is 1. The van der Waals surface area contributed by atoms with Crippen molar-refractivity contribution in [3.05, 3.63) is 58.1 Å². The molecule has 110 valence electrons. The molecule has 1 aliphatic rings. The molecule has 1 fully saturated rings. The van der Waals surface area contributed by atoms with Crippen LogP contribution in [0.15, 0.2) is 47.5 Å². The predicted octanol–water partition coefficient (Wildman–Crippen LogP) is 3.85. The van der Waals surface area contributed by atoms with Gasteiger partial charge in [0.15, 0.2) is 4.32 Å². The molecular formula is C15H9ClN2O2S2. The maximum atomic E-state index is 12.5. The van der Waals surface area contributed by atoms with Crippen LogP contribution in [0, 0.1) is 0 Å². The van der Waals surface area contributed by atoms with Gasteiger partial charge in [-0.1, -0.05) is 53.8 Å². The summed E-state index contributed by atoms with van der Waals surface area (Å²) in [6.45, 7) is 0. The number of anilines is 1. The van der Waals surface area contributed by atoms with Crippen molar-refractivity contribution in [1.29, 1.82) is 0 Å². The smallest absolute Gasteiger partial charge is 0.271 e. The van der Waals surface area contributed by atoms with E-state index in [9.17, 15) is 9.90 Å². The predicted molar refractivity (Wildman–Crippen MR) is 93.0 cm³/mol. The lowest BCUT2D eigenvalue weighted by atomic mass is 10.2. The van der Waals surface area contributed by atoms with Crippen molar-refractivity contribution in [2.75, 3.05) is 4.90 Å². The number of thioether (sulfide) groups is 1. The number of halogens is 1. The maximum Gasteiger partial charge on any atom is 0.271 e. The molecule has 0 saturated carbocycles. The first-order chi connectivity index (χ1) is 10.6. The average Bonchev–Trinajstić information content (AvgIpc) is 2.77. The van der Waals surface area contributed by atoms with Crippen molar-refractivity contribution >= 4 is 57.7 Å². The van der Waals surface area contributed by atoms with Gasteiger partial charge < -0.3 is 5.11 Å². The summed E-state index contributed by atoms with van der Waals surface area (Å²) in [5.74, 6) is 0.262. The number of amides is 1. The Labute approximate surface area is 141 Å². The SMILES string of the molecule is O=C1/C(=C/c2ccccc2O)SC(=S)N1c1ccc(Cl)cn1. The Hall–Kier alpha value is -1.89. The normalized spacial score (nSPS) is 16.6. The molecule has 1 amide bonds. The van der Waals surface area contributed by atoms with E-state index in [4.69, 9.17) is 23.8 Å². The third kappa shape index (κ3) is 2.85. The van der Waals surface area contributed by atoms with Crippen LogP contribution in [-0.2, 0) is 4.79 Å². The van der Waals surface area contributed by atoms with E-state index in [2.05, 4.69) is 4.98 Å². The Kier molecular flexibility index (Phi) is 4.15. The van der Waals surface area contributed by atoms with Crippen molar-refractivity contribution in [1.82, 2.24) is 4.98 Å². The van der Waals surface area contributed by atoms with E-state index in [0.29, 0.717) is 25.6 Å². The average molecular weight is 349 g/mol. The molecule has 7 heteroatoms. The molecule has 4 nitrogen and oxygen atoms in total. The second kappa shape index (κ2) is 6.08. The molecule has 3 rings (SSSR count). The molecule has 0 bridgehead atoms. The first-order valence-electron chi connectivity index (χ1n) is 6.24. The molecule has 1 aromatic carbocycles. The maximum absolute atomic E-state index is 12.5. The third-order valence-corrected chi connectivity index (χ3v) is 4.48. The zero-order valence-corrected chi connectivity index (χ0v) is 13.5. The number of pyridine rings is 1. The van der Waals surface area contributed by atoms with Crippen LogP contribution in [0.25, 0.3) is 6.08 Å². The van der Waals surface area contributed by atoms with E-state index in [1.807, 2.05) is 0 Å². The van der Waals surface area contributed by atoms with Crippen molar-refractivity contribution in [2.45, 2.75) is 0 Å². The van der Waals surface area contributed by atoms with Crippen molar-refractivity contribution < 1.29 is 9.90 Å². The number of hydrogen-bond donors (Lipinski definition) is 1. The lowest BCUT2D eigenvalue weighted by molar-refractivity contribution is -0.113. The highest BCUT2D eigenvalue weighted by Crippen LogP contribution is 2.36. The van der Waals surface area contributed by atoms with Gasteiger partial charge in [0, 0.05) is 11.8 Å². The van der Waals surface area contributed by atoms with Gasteiger partial charge in [0.05, 0.1) is 9.93 Å². The highest BCUT2D eigenvalue weighted by Gasteiger charge is 2.34. The summed E-state index contributed by atoms with van der Waals surface area (Å²) in [6, 6.07) is 10.1. The topological polar surface area (TPSA) is 53.4 Å². The molecule has 1 aliphatic heterocycles. The first-order valence-corrected chi connectivity index (χ1v) is 7.84. The van der Waals surface area contributed by atoms with Gasteiger partial charge >= 0.3 is 0 Å². The molecule has 0 spiro atoms. The van der Waals surface area contributed by atoms with Gasteiger partial charge in [-0.25, -0.2) is 9.88 Å². The van der Waals surface area contributed by atoms with E-state index >= 15 is 0 Å². The molecule has 1 saturated heterocycles. The fourth-order valence-corrected chi connectivity index (χ4v) is 3.29. The summed E-state index contributed by atoms with van der Waals surface area (Å²) in [7, 11) is 0. The Morgan fingerprint density at radius 3 is 2.73 bits per heavy atom. The van der Waals surface area contributed by atoms with Crippen LogP contribution < -0.4 is 4.90 Å². The first kappa shape index (κ1) is 15.0. The number of aromatic hydroxyl groups is 1. The summed E-state index contributed by atoms with van der Waals surface area (Å²) < 4.78 is 0.390. The monoisotopic (exact) mass is 348 g/mol. The fraction of sp³-hybridized carbons (Fsp3) is 0. The summed E-state index contributed by atoms with van der Waals surface area (Å²) >= 11 is 12.2. The molecule has 1 N–H and O–H groups in total. The quantitative estimate of drug-likeness (QED) is 0.660. The number of rotatable bonds is 2. The number of para-hydroxylation sites is 1. The number of hydrogen-bond acceptors (Lipinski definition) is 5. The number of carbonyl (C=O) groups is 1. The number of carbonyl (C=O) groups excluding carboxylic acids is 1. The Morgan fingerprint density at radius 1 is 1.27 bits per heavy atom. The molecular weight excluding hydrogens is 340 g/mol. The van der Waals surface area contributed by atoms with E-state index in [-0.39, 0.29) is 11.7 Å². The summed E-state index contributed by atoms with van der Waals surface area (Å²) in [5, 5.41) is 10.3. The van der Waals surface area contributed by atoms with Gasteiger partial charge in [0.25, 0.3) is 5.91 Å². The molecule has 2 aromatic rings. The molecule has 1 aromatic heterocycles. The highest BCUT2D eigenvalue weighted by molar-refractivity contribution is 8.27. The van der Waals surface area contributed by atoms with Gasteiger partial charge in [0.1, 0.15) is 11.6 Å². The third-order valence-electron chi connectivity index (χ3n) is 2.96. The van der Waals surface area contributed by atoms with Crippen LogP contribution in [0.5, 0.6) is 5.75 Å². The van der Waals surface area contributed by atoms with Crippen molar-refractivity contribution in [2.24, 2.45) is 0 Å². The van der Waals surface area contributed by atoms with E-state index in [0.717, 1.165) is 0 Å². The fourth-order valence-electron chi connectivity index (χ4n) is 1.92. The second-order valence-corrected chi connectivity index (χ2v) is 6.52. The van der Waals surface area contributed by atoms with E-state index < -0.39 is 0 Å². The number of phenols is 1. The minimum atomic E-state index is -0.270. The molecule has 2 heterocycles. The zero-order chi connectivity index (χ0) is 15.7. The molecule has 0 aliphatic carbocycles. The van der Waals surface area contributed by atoms with Crippen LogP contribution in [-0.4, -0.2) is 20.3 Å². The minimum Gasteiger partial charge on any atom is -0.507 e. The van der Waals surface area contributed by atoms with Crippen LogP contribution >= 0.6 is 35.6 Å². The van der Waals surface area contributed by atoms with Gasteiger partial charge in [-0.2, -0.15) is 0 Å². The van der Waals surface area contributed by atoms with E-state index in [1.54, 1.807) is 42.5 Å². The van der Waals surface area contributed by atoms with Crippen LogP contribution in [0.3, 0.4) is 0 Å². The van der Waals surface area contributed by atoms with Gasteiger partial charge in [0.2, 0.25) is 0 Å². The molecule has 0 radical (unpaired) electrons. The number of aromatic nitrogens is 1. The van der Waals surface area contributed by atoms with Gasteiger partial charge in [-0.15, -0.1) is 0 Å². The highest BCUT2D eigenvalue weighted by atomic mass is 35.5. The molecule has 22 heavy (non-hydrogen) atoms. The van der Waals surface area contributed by atoms with Crippen molar-refractivity contribution in [3.8, 4) is 5.75 Å². The van der Waals surface area contributed by atoms with Crippen LogP contribution in [0.1, 0.15) is 5.56 Å². The standard InChI is InChI=1S/C15H9ClN2O2S2/c16-10-5-6-13(17-8-10)18-14(20)12(22-15(18)21)7-9-3-1-2-4-11(9)19/h1-8,19H/b12-7-. The zero-order valence-electron chi connectivity index (χ0n) is 11.1. The second-order valence-electron chi connectivity index (χ2n) is 4.41. The Balaban J connectivity index is 1.95. The van der Waals surface area contributed by atoms with Crippen LogP contribution in [0.4, 0.5) is 5.82 Å². The summed E-state index contributed by atoms with van der Waals surface area (Å²) in [5.41, 5.74) is 0.562. The summed E-state index contributed by atoms with van der Waals surface area (Å²) in [6.07, 6.45) is 3.08. The minimum absolute atomic E-state index is 0.109. The van der Waals surface area contributed by atoms with Gasteiger partial charge in [-0.05, 0) is 24.3 Å². The largest absolute Gasteiger partial charge is 0.507 e. The lowest BCUT2D eigenvalue weighted by Crippen LogP contribution is -2.28. The lowest BCUT2D eigenvalue weighted by Gasteiger charge is -2.12. The van der Waals surface area contributed by atoms with Crippen LogP contribution in [0.2, 0.25) is 5.02 Å². The number of phenolic OH excluding ortho intramolecular Hbond substituents is 1. The van der Waals surface area contributed by atoms with E-state index in [1.165, 1.54) is 22.9 Å². The van der Waals surface area contributed by atoms with Gasteiger partial charge in [-0.3, -0.25) is 4.79 Å². The molecule has 0 atom stereocenters.